The van der Waals surface area contributed by atoms with Crippen LogP contribution in [0.15, 0.2) is 216 Å². The second kappa shape index (κ2) is 13.9. The average molecular weight is 773 g/mol. The minimum Gasteiger partial charge on any atom is -0.228 e. The second-order valence-corrected chi connectivity index (χ2v) is 17.2. The van der Waals surface area contributed by atoms with Crippen molar-refractivity contribution in [2.75, 3.05) is 0 Å². The minimum atomic E-state index is -0.461. The average Bonchev–Trinajstić information content (AvgIpc) is 3.31. The number of fused-ring (bicyclic) bond motifs is 8. The summed E-state index contributed by atoms with van der Waals surface area (Å²) in [4.78, 5) is 13.0. The summed E-state index contributed by atoms with van der Waals surface area (Å²) in [5.74, 6) is 0.707. The summed E-state index contributed by atoms with van der Waals surface area (Å²) in [6.45, 7) is 4.76. The van der Waals surface area contributed by atoms with E-state index in [9.17, 15) is 0 Å². The van der Waals surface area contributed by atoms with Crippen LogP contribution in [0.4, 0.5) is 0 Å². The minimum absolute atomic E-state index is 0.142. The molecule has 0 fully saturated rings. The molecule has 1 aliphatic carbocycles. The van der Waals surface area contributed by atoms with E-state index >= 15 is 0 Å². The third-order valence-electron chi connectivity index (χ3n) is 12.5. The standard InChI is InChI=1S/C56H40N2S/c1-55(2)44-23-11-13-25-46(44)56(47-26-14-12-24-45(47)55)48-27-15-16-28-52(48)59-53-34-33-41(35-49(53)56)37-29-31-39(32-30-37)50-36-51(58-54(57-50)40-19-7-4-8-20-40)43-22-10-9-21-42(43)38-17-5-3-6-18-38/h3-36H,1-2H3. The van der Waals surface area contributed by atoms with Crippen molar-refractivity contribution in [2.45, 2.75) is 34.5 Å². The predicted octanol–water partition coefficient (Wildman–Crippen LogP) is 14.3. The molecule has 0 radical (unpaired) electrons. The molecule has 280 valence electrons. The summed E-state index contributed by atoms with van der Waals surface area (Å²) < 4.78 is 0. The van der Waals surface area contributed by atoms with Crippen molar-refractivity contribution in [3.05, 3.63) is 240 Å². The topological polar surface area (TPSA) is 25.8 Å². The maximum absolute atomic E-state index is 5.18. The van der Waals surface area contributed by atoms with Crippen LogP contribution in [0.5, 0.6) is 0 Å². The molecule has 2 nitrogen and oxygen atoms in total. The predicted molar refractivity (Wildman–Crippen MR) is 244 cm³/mol. The normalized spacial score (nSPS) is 14.1. The van der Waals surface area contributed by atoms with E-state index in [0.717, 1.165) is 39.2 Å². The zero-order valence-corrected chi connectivity index (χ0v) is 33.7. The summed E-state index contributed by atoms with van der Waals surface area (Å²) in [6, 6.07) is 74.9. The van der Waals surface area contributed by atoms with Gasteiger partial charge in [-0.2, -0.15) is 0 Å². The molecule has 0 saturated carbocycles. The molecule has 0 bridgehead atoms. The first-order chi connectivity index (χ1) is 29.0. The highest BCUT2D eigenvalue weighted by atomic mass is 32.2. The van der Waals surface area contributed by atoms with Crippen LogP contribution in [-0.4, -0.2) is 9.97 Å². The first kappa shape index (κ1) is 35.4. The second-order valence-electron chi connectivity index (χ2n) is 16.1. The molecule has 2 heterocycles. The Balaban J connectivity index is 1.05. The number of hydrogen-bond acceptors (Lipinski definition) is 3. The Bertz CT molecular complexity index is 2990. The molecule has 1 aliphatic heterocycles. The first-order valence-electron chi connectivity index (χ1n) is 20.3. The molecular weight excluding hydrogens is 733 g/mol. The lowest BCUT2D eigenvalue weighted by Gasteiger charge is -2.50. The van der Waals surface area contributed by atoms with Gasteiger partial charge >= 0.3 is 0 Å². The van der Waals surface area contributed by atoms with Crippen molar-refractivity contribution in [2.24, 2.45) is 0 Å². The highest BCUT2D eigenvalue weighted by Gasteiger charge is 2.52. The lowest BCUT2D eigenvalue weighted by molar-refractivity contribution is 0.549. The molecule has 0 N–H and O–H groups in total. The summed E-state index contributed by atoms with van der Waals surface area (Å²) in [7, 11) is 0. The van der Waals surface area contributed by atoms with Crippen molar-refractivity contribution in [3.8, 4) is 56.2 Å². The van der Waals surface area contributed by atoms with Crippen LogP contribution in [0.1, 0.15) is 47.2 Å². The van der Waals surface area contributed by atoms with Crippen LogP contribution in [0.2, 0.25) is 0 Å². The van der Waals surface area contributed by atoms with Gasteiger partial charge < -0.3 is 0 Å². The van der Waals surface area contributed by atoms with E-state index in [-0.39, 0.29) is 5.41 Å². The maximum atomic E-state index is 5.18. The van der Waals surface area contributed by atoms with Crippen molar-refractivity contribution in [1.82, 2.24) is 9.97 Å². The first-order valence-corrected chi connectivity index (χ1v) is 21.1. The van der Waals surface area contributed by atoms with Crippen molar-refractivity contribution >= 4 is 11.8 Å². The summed E-state index contributed by atoms with van der Waals surface area (Å²) in [6.07, 6.45) is 0. The van der Waals surface area contributed by atoms with E-state index in [1.165, 1.54) is 54.3 Å². The van der Waals surface area contributed by atoms with Gasteiger partial charge in [0, 0.05) is 31.9 Å². The van der Waals surface area contributed by atoms with E-state index in [0.29, 0.717) is 5.82 Å². The van der Waals surface area contributed by atoms with Crippen LogP contribution in [0.3, 0.4) is 0 Å². The lowest BCUT2D eigenvalue weighted by atomic mass is 9.54. The summed E-state index contributed by atoms with van der Waals surface area (Å²) in [5, 5.41) is 0. The van der Waals surface area contributed by atoms with Crippen molar-refractivity contribution in [1.29, 1.82) is 0 Å². The fourth-order valence-corrected chi connectivity index (χ4v) is 10.8. The molecule has 8 aromatic carbocycles. The molecule has 3 heteroatoms. The van der Waals surface area contributed by atoms with E-state index in [2.05, 4.69) is 202 Å². The SMILES string of the molecule is CC1(C)c2ccccc2C2(c3ccccc3Sc3ccc(-c4ccc(-c5cc(-c6ccccc6-c6ccccc6)nc(-c6ccccc6)n5)cc4)cc32)c2ccccc21. The third-order valence-corrected chi connectivity index (χ3v) is 13.6. The Morgan fingerprint density at radius 3 is 1.51 bits per heavy atom. The number of hydrogen-bond donors (Lipinski definition) is 0. The summed E-state index contributed by atoms with van der Waals surface area (Å²) in [5.41, 5.74) is 17.1. The maximum Gasteiger partial charge on any atom is 0.160 e. The van der Waals surface area contributed by atoms with Gasteiger partial charge in [0.15, 0.2) is 5.82 Å². The van der Waals surface area contributed by atoms with Gasteiger partial charge in [-0.1, -0.05) is 208 Å². The smallest absolute Gasteiger partial charge is 0.160 e. The van der Waals surface area contributed by atoms with Crippen LogP contribution in [-0.2, 0) is 10.8 Å². The van der Waals surface area contributed by atoms with Gasteiger partial charge in [-0.25, -0.2) is 9.97 Å². The molecule has 1 aromatic heterocycles. The Hall–Kier alpha value is -6.81. The number of aromatic nitrogens is 2. The van der Waals surface area contributed by atoms with Gasteiger partial charge in [0.2, 0.25) is 0 Å². The fourth-order valence-electron chi connectivity index (χ4n) is 9.66. The molecule has 1 spiro atoms. The van der Waals surface area contributed by atoms with Crippen molar-refractivity contribution in [3.63, 3.8) is 0 Å². The van der Waals surface area contributed by atoms with Gasteiger partial charge in [0.25, 0.3) is 0 Å². The number of nitrogens with zero attached hydrogens (tertiary/aromatic N) is 2. The van der Waals surface area contributed by atoms with Crippen LogP contribution in [0.25, 0.3) is 56.2 Å². The Labute approximate surface area is 350 Å². The monoisotopic (exact) mass is 772 g/mol. The zero-order chi connectivity index (χ0) is 39.6. The highest BCUT2D eigenvalue weighted by Crippen LogP contribution is 2.61. The van der Waals surface area contributed by atoms with E-state index in [1.54, 1.807) is 0 Å². The molecule has 2 aliphatic rings. The molecule has 0 amide bonds. The molecule has 59 heavy (non-hydrogen) atoms. The molecule has 9 aromatic rings. The lowest BCUT2D eigenvalue weighted by Crippen LogP contribution is -2.43. The van der Waals surface area contributed by atoms with Gasteiger partial charge in [-0.3, -0.25) is 0 Å². The highest BCUT2D eigenvalue weighted by molar-refractivity contribution is 7.99. The number of benzene rings is 8. The molecule has 0 saturated heterocycles. The van der Waals surface area contributed by atoms with E-state index < -0.39 is 5.41 Å². The Morgan fingerprint density at radius 2 is 0.831 bits per heavy atom. The van der Waals surface area contributed by atoms with Crippen LogP contribution in [0, 0.1) is 0 Å². The quantitative estimate of drug-likeness (QED) is 0.174. The van der Waals surface area contributed by atoms with E-state index in [4.69, 9.17) is 9.97 Å². The fraction of sp³-hybridized carbons (Fsp3) is 0.0714. The van der Waals surface area contributed by atoms with Crippen molar-refractivity contribution < 1.29 is 0 Å². The van der Waals surface area contributed by atoms with Crippen LogP contribution < -0.4 is 0 Å². The molecule has 11 rings (SSSR count). The zero-order valence-electron chi connectivity index (χ0n) is 32.9. The van der Waals surface area contributed by atoms with Gasteiger partial charge in [0.1, 0.15) is 0 Å². The van der Waals surface area contributed by atoms with Crippen LogP contribution >= 0.6 is 11.8 Å². The van der Waals surface area contributed by atoms with Gasteiger partial charge in [-0.05, 0) is 79.9 Å². The van der Waals surface area contributed by atoms with Gasteiger partial charge in [0.05, 0.1) is 16.8 Å². The molecular formula is C56H40N2S. The van der Waals surface area contributed by atoms with E-state index in [1.807, 2.05) is 30.0 Å². The molecule has 0 atom stereocenters. The number of rotatable bonds is 5. The third kappa shape index (κ3) is 5.64. The Morgan fingerprint density at radius 1 is 0.339 bits per heavy atom. The largest absolute Gasteiger partial charge is 0.228 e. The van der Waals surface area contributed by atoms with Gasteiger partial charge in [-0.15, -0.1) is 0 Å². The Kier molecular flexibility index (Phi) is 8.35. The summed E-state index contributed by atoms with van der Waals surface area (Å²) >= 11 is 1.89. The molecule has 0 unspecified atom stereocenters.